The molecule has 0 aromatic carbocycles. The minimum Gasteiger partial charge on any atom is -0.343 e. The lowest BCUT2D eigenvalue weighted by atomic mass is 10.2. The van der Waals surface area contributed by atoms with Gasteiger partial charge in [0, 0.05) is 26.1 Å². The Morgan fingerprint density at radius 1 is 1.21 bits per heavy atom. The SMILES string of the molecule is CC(C)c1ncnn1-c1cc(C(=O)N(C)C)ncn1. The Kier molecular flexibility index (Phi) is 3.55. The first-order chi connectivity index (χ1) is 9.00. The summed E-state index contributed by atoms with van der Waals surface area (Å²) in [5.74, 6) is 1.38. The molecule has 0 atom stereocenters. The first kappa shape index (κ1) is 13.1. The Morgan fingerprint density at radius 2 is 1.95 bits per heavy atom. The highest BCUT2D eigenvalue weighted by molar-refractivity contribution is 5.92. The predicted molar refractivity (Wildman–Crippen MR) is 69.1 cm³/mol. The van der Waals surface area contributed by atoms with E-state index in [-0.39, 0.29) is 11.8 Å². The molecule has 0 N–H and O–H groups in total. The Hall–Kier alpha value is -2.31. The molecule has 19 heavy (non-hydrogen) atoms. The lowest BCUT2D eigenvalue weighted by Crippen LogP contribution is -2.23. The molecule has 0 unspecified atom stereocenters. The fourth-order valence-electron chi connectivity index (χ4n) is 1.63. The van der Waals surface area contributed by atoms with E-state index in [1.54, 1.807) is 24.8 Å². The molecule has 7 nitrogen and oxygen atoms in total. The van der Waals surface area contributed by atoms with Crippen LogP contribution in [0.15, 0.2) is 18.7 Å². The van der Waals surface area contributed by atoms with Crippen molar-refractivity contribution in [2.24, 2.45) is 0 Å². The molecule has 0 bridgehead atoms. The van der Waals surface area contributed by atoms with Crippen molar-refractivity contribution in [1.82, 2.24) is 29.6 Å². The number of hydrogen-bond acceptors (Lipinski definition) is 5. The maximum Gasteiger partial charge on any atom is 0.272 e. The van der Waals surface area contributed by atoms with Gasteiger partial charge in [-0.2, -0.15) is 9.78 Å². The van der Waals surface area contributed by atoms with Gasteiger partial charge in [-0.15, -0.1) is 0 Å². The standard InChI is InChI=1S/C12H16N6O/c1-8(2)11-15-7-16-18(11)10-5-9(13-6-14-10)12(19)17(3)4/h5-8H,1-4H3. The van der Waals surface area contributed by atoms with Gasteiger partial charge >= 0.3 is 0 Å². The number of rotatable bonds is 3. The Bertz CT molecular complexity index is 589. The summed E-state index contributed by atoms with van der Waals surface area (Å²) in [6, 6.07) is 1.61. The molecule has 100 valence electrons. The van der Waals surface area contributed by atoms with Crippen molar-refractivity contribution in [1.29, 1.82) is 0 Å². The van der Waals surface area contributed by atoms with Gasteiger partial charge in [-0.1, -0.05) is 13.8 Å². The van der Waals surface area contributed by atoms with Crippen LogP contribution in [0.5, 0.6) is 0 Å². The van der Waals surface area contributed by atoms with Crippen molar-refractivity contribution in [2.75, 3.05) is 14.1 Å². The molecule has 2 aromatic rings. The van der Waals surface area contributed by atoms with Crippen LogP contribution < -0.4 is 0 Å². The first-order valence-electron chi connectivity index (χ1n) is 5.94. The molecule has 0 aliphatic heterocycles. The third-order valence-electron chi connectivity index (χ3n) is 2.59. The van der Waals surface area contributed by atoms with Crippen LogP contribution in [-0.2, 0) is 0 Å². The normalized spacial score (nSPS) is 10.8. The molecule has 0 spiro atoms. The summed E-state index contributed by atoms with van der Waals surface area (Å²) in [4.78, 5) is 25.7. The van der Waals surface area contributed by atoms with Crippen LogP contribution >= 0.6 is 0 Å². The van der Waals surface area contributed by atoms with Gasteiger partial charge in [-0.25, -0.2) is 15.0 Å². The molecular formula is C12H16N6O. The van der Waals surface area contributed by atoms with E-state index in [1.807, 2.05) is 13.8 Å². The zero-order valence-corrected chi connectivity index (χ0v) is 11.4. The number of aromatic nitrogens is 5. The van der Waals surface area contributed by atoms with E-state index < -0.39 is 0 Å². The average Bonchev–Trinajstić information content (AvgIpc) is 2.87. The van der Waals surface area contributed by atoms with Gasteiger partial charge in [0.25, 0.3) is 5.91 Å². The van der Waals surface area contributed by atoms with E-state index in [9.17, 15) is 4.79 Å². The maximum atomic E-state index is 11.9. The Morgan fingerprint density at radius 3 is 2.58 bits per heavy atom. The van der Waals surface area contributed by atoms with Crippen LogP contribution in [-0.4, -0.2) is 49.6 Å². The summed E-state index contributed by atoms with van der Waals surface area (Å²) in [6.07, 6.45) is 2.84. The molecular weight excluding hydrogens is 244 g/mol. The van der Waals surface area contributed by atoms with Crippen LogP contribution in [0.1, 0.15) is 36.1 Å². The zero-order valence-electron chi connectivity index (χ0n) is 11.4. The minimum absolute atomic E-state index is 0.171. The fraction of sp³-hybridized carbons (Fsp3) is 0.417. The third kappa shape index (κ3) is 2.59. The monoisotopic (exact) mass is 260 g/mol. The van der Waals surface area contributed by atoms with Gasteiger partial charge < -0.3 is 4.90 Å². The van der Waals surface area contributed by atoms with Crippen LogP contribution in [0, 0.1) is 0 Å². The van der Waals surface area contributed by atoms with Gasteiger partial charge in [0.1, 0.15) is 24.2 Å². The smallest absolute Gasteiger partial charge is 0.272 e. The quantitative estimate of drug-likeness (QED) is 0.818. The molecule has 2 aromatic heterocycles. The van der Waals surface area contributed by atoms with E-state index in [4.69, 9.17) is 0 Å². The molecule has 0 aliphatic carbocycles. The number of carbonyl (C=O) groups is 1. The second kappa shape index (κ2) is 5.13. The van der Waals surface area contributed by atoms with E-state index in [1.165, 1.54) is 17.6 Å². The van der Waals surface area contributed by atoms with Crippen LogP contribution in [0.2, 0.25) is 0 Å². The molecule has 0 saturated heterocycles. The summed E-state index contributed by atoms with van der Waals surface area (Å²) in [5.41, 5.74) is 0.334. The first-order valence-corrected chi connectivity index (χ1v) is 5.94. The van der Waals surface area contributed by atoms with E-state index >= 15 is 0 Å². The number of amides is 1. The zero-order chi connectivity index (χ0) is 14.0. The third-order valence-corrected chi connectivity index (χ3v) is 2.59. The molecule has 0 aliphatic rings. The van der Waals surface area contributed by atoms with Crippen molar-refractivity contribution < 1.29 is 4.79 Å². The van der Waals surface area contributed by atoms with Crippen LogP contribution in [0.3, 0.4) is 0 Å². The lowest BCUT2D eigenvalue weighted by molar-refractivity contribution is 0.0821. The lowest BCUT2D eigenvalue weighted by Gasteiger charge is -2.11. The van der Waals surface area contributed by atoms with Crippen molar-refractivity contribution in [2.45, 2.75) is 19.8 Å². The highest BCUT2D eigenvalue weighted by atomic mass is 16.2. The second-order valence-electron chi connectivity index (χ2n) is 4.65. The van der Waals surface area contributed by atoms with Crippen molar-refractivity contribution in [3.8, 4) is 5.82 Å². The van der Waals surface area contributed by atoms with Crippen LogP contribution in [0.4, 0.5) is 0 Å². The minimum atomic E-state index is -0.171. The van der Waals surface area contributed by atoms with Crippen molar-refractivity contribution in [3.05, 3.63) is 30.2 Å². The number of hydrogen-bond donors (Lipinski definition) is 0. The van der Waals surface area contributed by atoms with Crippen molar-refractivity contribution >= 4 is 5.91 Å². The van der Waals surface area contributed by atoms with Crippen LogP contribution in [0.25, 0.3) is 5.82 Å². The molecule has 0 saturated carbocycles. The number of nitrogens with zero attached hydrogens (tertiary/aromatic N) is 6. The molecule has 7 heteroatoms. The Balaban J connectivity index is 2.44. The van der Waals surface area contributed by atoms with Gasteiger partial charge in [0.05, 0.1) is 0 Å². The highest BCUT2D eigenvalue weighted by Crippen LogP contribution is 2.14. The Labute approximate surface area is 111 Å². The summed E-state index contributed by atoms with van der Waals surface area (Å²) in [7, 11) is 3.36. The summed E-state index contributed by atoms with van der Waals surface area (Å²) in [5, 5.41) is 4.14. The fourth-order valence-corrected chi connectivity index (χ4v) is 1.63. The van der Waals surface area contributed by atoms with E-state index in [0.717, 1.165) is 5.82 Å². The predicted octanol–water partition coefficient (Wildman–Crippen LogP) is 0.883. The molecule has 2 rings (SSSR count). The maximum absolute atomic E-state index is 11.9. The summed E-state index contributed by atoms with van der Waals surface area (Å²) < 4.78 is 1.62. The largest absolute Gasteiger partial charge is 0.343 e. The molecule has 0 fully saturated rings. The highest BCUT2D eigenvalue weighted by Gasteiger charge is 2.15. The summed E-state index contributed by atoms with van der Waals surface area (Å²) >= 11 is 0. The molecule has 2 heterocycles. The number of carbonyl (C=O) groups excluding carboxylic acids is 1. The van der Waals surface area contributed by atoms with Gasteiger partial charge in [0.2, 0.25) is 0 Å². The van der Waals surface area contributed by atoms with Gasteiger partial charge in [-0.05, 0) is 0 Å². The second-order valence-corrected chi connectivity index (χ2v) is 4.65. The van der Waals surface area contributed by atoms with Crippen molar-refractivity contribution in [3.63, 3.8) is 0 Å². The molecule has 1 amide bonds. The topological polar surface area (TPSA) is 76.8 Å². The summed E-state index contributed by atoms with van der Waals surface area (Å²) in [6.45, 7) is 4.04. The van der Waals surface area contributed by atoms with Gasteiger partial charge in [0.15, 0.2) is 5.82 Å². The average molecular weight is 260 g/mol. The molecule has 0 radical (unpaired) electrons. The van der Waals surface area contributed by atoms with E-state index in [2.05, 4.69) is 20.1 Å². The van der Waals surface area contributed by atoms with Gasteiger partial charge in [-0.3, -0.25) is 4.79 Å². The van der Waals surface area contributed by atoms with E-state index in [0.29, 0.717) is 11.5 Å².